The second-order valence-corrected chi connectivity index (χ2v) is 4.99. The van der Waals surface area contributed by atoms with Crippen LogP contribution in [0.3, 0.4) is 0 Å². The summed E-state index contributed by atoms with van der Waals surface area (Å²) in [5.74, 6) is 0. The maximum absolute atomic E-state index is 4.25. The summed E-state index contributed by atoms with van der Waals surface area (Å²) in [6.07, 6.45) is 0. The lowest BCUT2D eigenvalue weighted by Gasteiger charge is -2.00. The maximum atomic E-state index is 4.25. The summed E-state index contributed by atoms with van der Waals surface area (Å²) in [4.78, 5) is 4.25. The van der Waals surface area contributed by atoms with Crippen LogP contribution in [0.15, 0.2) is 38.0 Å². The van der Waals surface area contributed by atoms with Gasteiger partial charge in [0.1, 0.15) is 0 Å². The molecular formula is C9H5Br2NS. The van der Waals surface area contributed by atoms with E-state index in [0.29, 0.717) is 0 Å². The molecule has 2 aromatic rings. The number of halogens is 2. The van der Waals surface area contributed by atoms with Crippen LogP contribution in [-0.4, -0.2) is 4.98 Å². The largest absolute Gasteiger partial charge is 0.245 e. The molecule has 1 aromatic heterocycles. The van der Waals surface area contributed by atoms with E-state index in [2.05, 4.69) is 36.8 Å². The third-order valence-electron chi connectivity index (χ3n) is 1.64. The summed E-state index contributed by atoms with van der Waals surface area (Å²) in [7, 11) is 0. The van der Waals surface area contributed by atoms with Crippen molar-refractivity contribution in [3.05, 3.63) is 38.0 Å². The smallest absolute Gasteiger partial charge is 0.0822 e. The van der Waals surface area contributed by atoms with Crippen LogP contribution in [0.4, 0.5) is 0 Å². The van der Waals surface area contributed by atoms with Crippen molar-refractivity contribution in [1.82, 2.24) is 4.98 Å². The van der Waals surface area contributed by atoms with Gasteiger partial charge in [-0.1, -0.05) is 37.9 Å². The lowest BCUT2D eigenvalue weighted by Crippen LogP contribution is -1.78. The molecule has 4 heteroatoms. The first-order chi connectivity index (χ1) is 6.27. The zero-order chi connectivity index (χ0) is 9.26. The van der Waals surface area contributed by atoms with Gasteiger partial charge >= 0.3 is 0 Å². The van der Waals surface area contributed by atoms with Gasteiger partial charge < -0.3 is 0 Å². The van der Waals surface area contributed by atoms with E-state index >= 15 is 0 Å². The van der Waals surface area contributed by atoms with E-state index in [4.69, 9.17) is 0 Å². The average molecular weight is 319 g/mol. The molecule has 0 aliphatic heterocycles. The van der Waals surface area contributed by atoms with Crippen molar-refractivity contribution in [3.8, 4) is 11.3 Å². The first kappa shape index (κ1) is 9.37. The van der Waals surface area contributed by atoms with Crippen molar-refractivity contribution in [2.45, 2.75) is 0 Å². The number of nitrogens with zero attached hydrogens (tertiary/aromatic N) is 1. The molecule has 0 saturated carbocycles. The Hall–Kier alpha value is -0.190. The van der Waals surface area contributed by atoms with Crippen LogP contribution in [0.5, 0.6) is 0 Å². The third kappa shape index (κ3) is 2.00. The van der Waals surface area contributed by atoms with Crippen LogP contribution in [-0.2, 0) is 0 Å². The molecule has 0 spiro atoms. The minimum absolute atomic E-state index is 1.02. The van der Waals surface area contributed by atoms with Crippen LogP contribution < -0.4 is 0 Å². The molecule has 0 aliphatic carbocycles. The van der Waals surface area contributed by atoms with Gasteiger partial charge in [-0.3, -0.25) is 0 Å². The van der Waals surface area contributed by atoms with Crippen LogP contribution in [0, 0.1) is 0 Å². The van der Waals surface area contributed by atoms with E-state index in [1.54, 1.807) is 11.3 Å². The summed E-state index contributed by atoms with van der Waals surface area (Å²) in [6, 6.07) is 6.08. The standard InChI is InChI=1S/C9H5Br2NS/c10-6-1-2-7(8(11)3-6)9-4-13-5-12-9/h1-5H. The molecule has 0 N–H and O–H groups in total. The SMILES string of the molecule is Brc1ccc(-c2cscn2)c(Br)c1. The molecule has 0 atom stereocenters. The highest BCUT2D eigenvalue weighted by molar-refractivity contribution is 9.11. The Balaban J connectivity index is 2.53. The van der Waals surface area contributed by atoms with E-state index in [1.165, 1.54) is 0 Å². The van der Waals surface area contributed by atoms with Crippen molar-refractivity contribution < 1.29 is 0 Å². The molecule has 2 rings (SSSR count). The normalized spacial score (nSPS) is 10.3. The Morgan fingerprint density at radius 2 is 2.08 bits per heavy atom. The molecule has 66 valence electrons. The lowest BCUT2D eigenvalue weighted by molar-refractivity contribution is 1.40. The summed E-state index contributed by atoms with van der Waals surface area (Å²) < 4.78 is 2.13. The fraction of sp³-hybridized carbons (Fsp3) is 0. The third-order valence-corrected chi connectivity index (χ3v) is 3.38. The van der Waals surface area contributed by atoms with Gasteiger partial charge in [0.2, 0.25) is 0 Å². The number of hydrogen-bond donors (Lipinski definition) is 0. The van der Waals surface area contributed by atoms with E-state index in [0.717, 1.165) is 20.2 Å². The fourth-order valence-electron chi connectivity index (χ4n) is 1.04. The van der Waals surface area contributed by atoms with Crippen molar-refractivity contribution in [3.63, 3.8) is 0 Å². The minimum Gasteiger partial charge on any atom is -0.245 e. The van der Waals surface area contributed by atoms with Crippen LogP contribution in [0.2, 0.25) is 0 Å². The van der Waals surface area contributed by atoms with Gasteiger partial charge in [0.25, 0.3) is 0 Å². The van der Waals surface area contributed by atoms with Gasteiger partial charge in [-0.25, -0.2) is 4.98 Å². The quantitative estimate of drug-likeness (QED) is 0.762. The van der Waals surface area contributed by atoms with Gasteiger partial charge in [0.05, 0.1) is 11.2 Å². The fourth-order valence-corrected chi connectivity index (χ4v) is 2.84. The average Bonchev–Trinajstić information content (AvgIpc) is 2.56. The molecule has 0 radical (unpaired) electrons. The molecule has 0 amide bonds. The molecule has 13 heavy (non-hydrogen) atoms. The number of rotatable bonds is 1. The Bertz CT molecular complexity index is 412. The predicted molar refractivity (Wildman–Crippen MR) is 63.0 cm³/mol. The van der Waals surface area contributed by atoms with E-state index in [-0.39, 0.29) is 0 Å². The van der Waals surface area contributed by atoms with E-state index < -0.39 is 0 Å². The molecular weight excluding hydrogens is 314 g/mol. The zero-order valence-electron chi connectivity index (χ0n) is 6.50. The molecule has 1 heterocycles. The summed E-state index contributed by atoms with van der Waals surface area (Å²) in [6.45, 7) is 0. The highest BCUT2D eigenvalue weighted by atomic mass is 79.9. The van der Waals surface area contributed by atoms with E-state index in [1.807, 2.05) is 29.1 Å². The zero-order valence-corrected chi connectivity index (χ0v) is 10.5. The molecule has 0 unspecified atom stereocenters. The van der Waals surface area contributed by atoms with Crippen LogP contribution in [0.1, 0.15) is 0 Å². The van der Waals surface area contributed by atoms with Crippen LogP contribution >= 0.6 is 43.2 Å². The van der Waals surface area contributed by atoms with Crippen molar-refractivity contribution >= 4 is 43.2 Å². The van der Waals surface area contributed by atoms with Crippen molar-refractivity contribution in [2.24, 2.45) is 0 Å². The number of aromatic nitrogens is 1. The second kappa shape index (κ2) is 3.90. The molecule has 0 bridgehead atoms. The first-order valence-electron chi connectivity index (χ1n) is 3.61. The molecule has 1 nitrogen and oxygen atoms in total. The first-order valence-corrected chi connectivity index (χ1v) is 6.14. The number of hydrogen-bond acceptors (Lipinski definition) is 2. The summed E-state index contributed by atoms with van der Waals surface area (Å²) in [5, 5.41) is 2.04. The number of benzene rings is 1. The van der Waals surface area contributed by atoms with Gasteiger partial charge in [-0.15, -0.1) is 11.3 Å². The van der Waals surface area contributed by atoms with Gasteiger partial charge in [-0.05, 0) is 12.1 Å². The van der Waals surface area contributed by atoms with Crippen molar-refractivity contribution in [2.75, 3.05) is 0 Å². The minimum atomic E-state index is 1.02. The summed E-state index contributed by atoms with van der Waals surface area (Å²) in [5.41, 5.74) is 3.98. The maximum Gasteiger partial charge on any atom is 0.0822 e. The Morgan fingerprint density at radius 3 is 2.69 bits per heavy atom. The van der Waals surface area contributed by atoms with Crippen LogP contribution in [0.25, 0.3) is 11.3 Å². The molecule has 0 saturated heterocycles. The molecule has 1 aromatic carbocycles. The van der Waals surface area contributed by atoms with E-state index in [9.17, 15) is 0 Å². The van der Waals surface area contributed by atoms with Gasteiger partial charge in [0.15, 0.2) is 0 Å². The Morgan fingerprint density at radius 1 is 1.23 bits per heavy atom. The monoisotopic (exact) mass is 317 g/mol. The topological polar surface area (TPSA) is 12.9 Å². The van der Waals surface area contributed by atoms with Crippen molar-refractivity contribution in [1.29, 1.82) is 0 Å². The Labute approximate surface area is 97.1 Å². The molecule has 0 aliphatic rings. The van der Waals surface area contributed by atoms with Gasteiger partial charge in [-0.2, -0.15) is 0 Å². The number of thiazole rings is 1. The van der Waals surface area contributed by atoms with Gasteiger partial charge in [0, 0.05) is 19.9 Å². The highest BCUT2D eigenvalue weighted by Gasteiger charge is 2.04. The lowest BCUT2D eigenvalue weighted by atomic mass is 10.2. The highest BCUT2D eigenvalue weighted by Crippen LogP contribution is 2.30. The molecule has 0 fully saturated rings. The Kier molecular flexibility index (Phi) is 2.81. The summed E-state index contributed by atoms with van der Waals surface area (Å²) >= 11 is 8.52. The second-order valence-electron chi connectivity index (χ2n) is 2.50. The predicted octanol–water partition coefficient (Wildman–Crippen LogP) is 4.34.